The van der Waals surface area contributed by atoms with E-state index in [1.807, 2.05) is 36.4 Å². The largest absolute Gasteiger partial charge is 0.338 e. The molecule has 0 aliphatic heterocycles. The van der Waals surface area contributed by atoms with E-state index in [2.05, 4.69) is 9.97 Å². The van der Waals surface area contributed by atoms with Crippen molar-refractivity contribution < 1.29 is 4.79 Å². The number of nitrogens with zero attached hydrogens (tertiary/aromatic N) is 1. The smallest absolute Gasteiger partial charge is 0.150 e. The average Bonchev–Trinajstić information content (AvgIpc) is 2.97. The Morgan fingerprint density at radius 3 is 2.65 bits per heavy atom. The minimum atomic E-state index is 0.628. The molecule has 0 spiro atoms. The first kappa shape index (κ1) is 12.6. The van der Waals surface area contributed by atoms with Crippen LogP contribution in [0.2, 0.25) is 5.02 Å². The normalized spacial score (nSPS) is 10.4. The Morgan fingerprint density at radius 2 is 1.85 bits per heavy atom. The molecule has 0 fully saturated rings. The zero-order chi connectivity index (χ0) is 13.9. The van der Waals surface area contributed by atoms with Crippen LogP contribution in [0.15, 0.2) is 54.7 Å². The van der Waals surface area contributed by atoms with Gasteiger partial charge >= 0.3 is 0 Å². The number of carbonyl (C=O) groups is 1. The third-order valence-electron chi connectivity index (χ3n) is 3.01. The number of carbonyl (C=O) groups excluding carboxylic acids is 1. The lowest BCUT2D eigenvalue weighted by molar-refractivity contribution is 0.112. The Labute approximate surface area is 121 Å². The van der Waals surface area contributed by atoms with Crippen LogP contribution >= 0.6 is 11.6 Å². The highest BCUT2D eigenvalue weighted by molar-refractivity contribution is 6.30. The van der Waals surface area contributed by atoms with Gasteiger partial charge in [-0.15, -0.1) is 0 Å². The van der Waals surface area contributed by atoms with Crippen LogP contribution in [0.4, 0.5) is 0 Å². The van der Waals surface area contributed by atoms with Gasteiger partial charge in [-0.2, -0.15) is 0 Å². The summed E-state index contributed by atoms with van der Waals surface area (Å²) in [6.07, 6.45) is 2.58. The van der Waals surface area contributed by atoms with E-state index < -0.39 is 0 Å². The molecule has 0 saturated heterocycles. The van der Waals surface area contributed by atoms with Gasteiger partial charge in [0, 0.05) is 21.7 Å². The zero-order valence-electron chi connectivity index (χ0n) is 10.5. The topological polar surface area (TPSA) is 45.8 Å². The molecule has 0 aliphatic carbocycles. The van der Waals surface area contributed by atoms with Crippen LogP contribution in [0.25, 0.3) is 22.6 Å². The fraction of sp³-hybridized carbons (Fsp3) is 0. The first-order valence-electron chi connectivity index (χ1n) is 6.13. The molecule has 4 heteroatoms. The summed E-state index contributed by atoms with van der Waals surface area (Å²) in [6, 6.07) is 14.9. The van der Waals surface area contributed by atoms with Crippen LogP contribution in [-0.4, -0.2) is 16.3 Å². The van der Waals surface area contributed by atoms with Gasteiger partial charge in [-0.3, -0.25) is 4.79 Å². The Bertz CT molecular complexity index is 764. The Hall–Kier alpha value is -2.39. The van der Waals surface area contributed by atoms with Crippen LogP contribution in [-0.2, 0) is 0 Å². The van der Waals surface area contributed by atoms with Crippen LogP contribution in [0.1, 0.15) is 10.4 Å². The SMILES string of the molecule is O=Cc1cccc(-c2ncc(-c3cccc(Cl)c3)[nH]2)c1. The van der Waals surface area contributed by atoms with Crippen LogP contribution in [0.5, 0.6) is 0 Å². The number of benzene rings is 2. The molecule has 20 heavy (non-hydrogen) atoms. The van der Waals surface area contributed by atoms with E-state index in [1.165, 1.54) is 0 Å². The number of rotatable bonds is 3. The van der Waals surface area contributed by atoms with E-state index in [-0.39, 0.29) is 0 Å². The Morgan fingerprint density at radius 1 is 1.05 bits per heavy atom. The second kappa shape index (κ2) is 5.31. The van der Waals surface area contributed by atoms with Gasteiger partial charge in [0.25, 0.3) is 0 Å². The highest BCUT2D eigenvalue weighted by atomic mass is 35.5. The highest BCUT2D eigenvalue weighted by Gasteiger charge is 2.06. The summed E-state index contributed by atoms with van der Waals surface area (Å²) < 4.78 is 0. The first-order chi connectivity index (χ1) is 9.76. The van der Waals surface area contributed by atoms with Gasteiger partial charge in [0.15, 0.2) is 0 Å². The van der Waals surface area contributed by atoms with Gasteiger partial charge in [0.1, 0.15) is 12.1 Å². The predicted molar refractivity (Wildman–Crippen MR) is 79.9 cm³/mol. The number of halogens is 1. The molecule has 3 aromatic rings. The lowest BCUT2D eigenvalue weighted by Crippen LogP contribution is -1.84. The van der Waals surface area contributed by atoms with Crippen molar-refractivity contribution >= 4 is 17.9 Å². The molecule has 0 amide bonds. The van der Waals surface area contributed by atoms with Gasteiger partial charge in [-0.25, -0.2) is 4.98 Å². The molecule has 2 aromatic carbocycles. The monoisotopic (exact) mass is 282 g/mol. The molecular formula is C16H11ClN2O. The number of aldehydes is 1. The van der Waals surface area contributed by atoms with Gasteiger partial charge in [0.2, 0.25) is 0 Å². The maximum absolute atomic E-state index is 10.8. The van der Waals surface area contributed by atoms with Crippen LogP contribution < -0.4 is 0 Å². The molecule has 0 aliphatic rings. The van der Waals surface area contributed by atoms with E-state index in [0.717, 1.165) is 28.9 Å². The lowest BCUT2D eigenvalue weighted by atomic mass is 10.1. The molecule has 3 nitrogen and oxygen atoms in total. The molecule has 1 heterocycles. The van der Waals surface area contributed by atoms with Crippen molar-refractivity contribution in [3.8, 4) is 22.6 Å². The summed E-state index contributed by atoms with van der Waals surface area (Å²) in [4.78, 5) is 18.4. The van der Waals surface area contributed by atoms with Crippen molar-refractivity contribution in [3.05, 3.63) is 65.3 Å². The summed E-state index contributed by atoms with van der Waals surface area (Å²) >= 11 is 5.98. The van der Waals surface area contributed by atoms with E-state index in [4.69, 9.17) is 11.6 Å². The highest BCUT2D eigenvalue weighted by Crippen LogP contribution is 2.24. The van der Waals surface area contributed by atoms with E-state index >= 15 is 0 Å². The van der Waals surface area contributed by atoms with Crippen molar-refractivity contribution in [2.45, 2.75) is 0 Å². The van der Waals surface area contributed by atoms with E-state index in [9.17, 15) is 4.79 Å². The summed E-state index contributed by atoms with van der Waals surface area (Å²) in [5, 5.41) is 0.682. The first-order valence-corrected chi connectivity index (χ1v) is 6.50. The van der Waals surface area contributed by atoms with Crippen LogP contribution in [0.3, 0.4) is 0 Å². The van der Waals surface area contributed by atoms with Crippen LogP contribution in [0, 0.1) is 0 Å². The third kappa shape index (κ3) is 2.49. The molecule has 3 rings (SSSR count). The summed E-state index contributed by atoms with van der Waals surface area (Å²) in [6.45, 7) is 0. The van der Waals surface area contributed by atoms with Crippen molar-refractivity contribution in [1.82, 2.24) is 9.97 Å². The molecular weight excluding hydrogens is 272 g/mol. The molecule has 0 unspecified atom stereocenters. The quantitative estimate of drug-likeness (QED) is 0.732. The summed E-state index contributed by atoms with van der Waals surface area (Å²) in [5.74, 6) is 0.726. The molecule has 1 N–H and O–H groups in total. The molecule has 0 bridgehead atoms. The molecule has 1 aromatic heterocycles. The third-order valence-corrected chi connectivity index (χ3v) is 3.24. The number of hydrogen-bond acceptors (Lipinski definition) is 2. The molecule has 0 atom stereocenters. The number of H-pyrrole nitrogens is 1. The van der Waals surface area contributed by atoms with E-state index in [0.29, 0.717) is 10.6 Å². The van der Waals surface area contributed by atoms with Crippen molar-refractivity contribution in [2.75, 3.05) is 0 Å². The van der Waals surface area contributed by atoms with Gasteiger partial charge in [0.05, 0.1) is 11.9 Å². The molecule has 98 valence electrons. The van der Waals surface area contributed by atoms with Gasteiger partial charge in [-0.1, -0.05) is 41.9 Å². The lowest BCUT2D eigenvalue weighted by Gasteiger charge is -1.99. The number of nitrogens with one attached hydrogen (secondary N) is 1. The number of aromatic amines is 1. The maximum atomic E-state index is 10.8. The fourth-order valence-corrected chi connectivity index (χ4v) is 2.22. The second-order valence-electron chi connectivity index (χ2n) is 4.40. The minimum Gasteiger partial charge on any atom is -0.338 e. The van der Waals surface area contributed by atoms with Gasteiger partial charge in [-0.05, 0) is 18.2 Å². The standard InChI is InChI=1S/C16H11ClN2O/c17-14-6-2-4-12(8-14)15-9-18-16(19-15)13-5-1-3-11(7-13)10-20/h1-10H,(H,18,19). The van der Waals surface area contributed by atoms with Crippen molar-refractivity contribution in [3.63, 3.8) is 0 Å². The zero-order valence-corrected chi connectivity index (χ0v) is 11.3. The molecule has 0 radical (unpaired) electrons. The molecule has 0 saturated carbocycles. The second-order valence-corrected chi connectivity index (χ2v) is 4.84. The van der Waals surface area contributed by atoms with Gasteiger partial charge < -0.3 is 4.98 Å². The number of aromatic nitrogens is 2. The van der Waals surface area contributed by atoms with E-state index in [1.54, 1.807) is 18.3 Å². The number of hydrogen-bond donors (Lipinski definition) is 1. The number of imidazole rings is 1. The summed E-state index contributed by atoms with van der Waals surface area (Å²) in [5.41, 5.74) is 3.37. The Kier molecular flexibility index (Phi) is 3.35. The predicted octanol–water partition coefficient (Wildman–Crippen LogP) is 4.21. The Balaban J connectivity index is 1.99. The fourth-order valence-electron chi connectivity index (χ4n) is 2.03. The average molecular weight is 283 g/mol. The maximum Gasteiger partial charge on any atom is 0.150 e. The minimum absolute atomic E-state index is 0.628. The van der Waals surface area contributed by atoms with Crippen molar-refractivity contribution in [2.24, 2.45) is 0 Å². The summed E-state index contributed by atoms with van der Waals surface area (Å²) in [7, 11) is 0. The van der Waals surface area contributed by atoms with Crippen molar-refractivity contribution in [1.29, 1.82) is 0 Å².